The highest BCUT2D eigenvalue weighted by Crippen LogP contribution is 2.31. The average Bonchev–Trinajstić information content (AvgIpc) is 3.25. The van der Waals surface area contributed by atoms with Gasteiger partial charge in [0.15, 0.2) is 11.6 Å². The van der Waals surface area contributed by atoms with Crippen LogP contribution < -0.4 is 5.32 Å². The van der Waals surface area contributed by atoms with Crippen molar-refractivity contribution in [2.45, 2.75) is 6.92 Å². The first-order valence-electron chi connectivity index (χ1n) is 7.45. The summed E-state index contributed by atoms with van der Waals surface area (Å²) in [5.41, 5.74) is 2.00. The molecule has 124 valence electrons. The number of carbonyl (C=O) groups is 1. The lowest BCUT2D eigenvalue weighted by Crippen LogP contribution is -2.09. The average molecular weight is 353 g/mol. The van der Waals surface area contributed by atoms with Crippen LogP contribution >= 0.6 is 11.3 Å². The van der Waals surface area contributed by atoms with Gasteiger partial charge in [0, 0.05) is 17.8 Å². The van der Waals surface area contributed by atoms with Gasteiger partial charge in [0.25, 0.3) is 0 Å². The molecule has 0 aliphatic rings. The zero-order valence-corrected chi connectivity index (χ0v) is 13.9. The Hall–Kier alpha value is -3.13. The van der Waals surface area contributed by atoms with Crippen LogP contribution in [-0.2, 0) is 0 Å². The fraction of sp³-hybridized carbons (Fsp3) is 0.0588. The van der Waals surface area contributed by atoms with Crippen molar-refractivity contribution in [1.82, 2.24) is 20.2 Å². The molecule has 0 aliphatic carbocycles. The molecule has 4 aromatic rings. The largest absolute Gasteiger partial charge is 0.322 e. The molecule has 0 saturated heterocycles. The summed E-state index contributed by atoms with van der Waals surface area (Å²) in [5.74, 6) is 0.394. The Labute approximate surface area is 145 Å². The lowest BCUT2D eigenvalue weighted by atomic mass is 10.1. The second-order valence-corrected chi connectivity index (χ2v) is 6.29. The van der Waals surface area contributed by atoms with Gasteiger partial charge in [-0.05, 0) is 42.1 Å². The van der Waals surface area contributed by atoms with Gasteiger partial charge in [-0.25, -0.2) is 14.4 Å². The lowest BCUT2D eigenvalue weighted by Gasteiger charge is -2.07. The molecule has 0 saturated carbocycles. The van der Waals surface area contributed by atoms with E-state index in [4.69, 9.17) is 0 Å². The Bertz CT molecular complexity index is 1060. The number of rotatable bonds is 4. The molecular weight excluding hydrogens is 341 g/mol. The van der Waals surface area contributed by atoms with Gasteiger partial charge in [0.2, 0.25) is 11.6 Å². The van der Waals surface area contributed by atoms with Crippen LogP contribution in [-0.4, -0.2) is 25.9 Å². The van der Waals surface area contributed by atoms with Crippen LogP contribution in [0.4, 0.5) is 16.0 Å². The van der Waals surface area contributed by atoms with Crippen LogP contribution in [0, 0.1) is 12.7 Å². The highest BCUT2D eigenvalue weighted by molar-refractivity contribution is 7.18. The Morgan fingerprint density at radius 2 is 2.00 bits per heavy atom. The SMILES string of the molecule is Cc1csc2c(Nc3cc[nH]n3)nc(C(=O)c3ccc(F)cc3)nc12. The van der Waals surface area contributed by atoms with Gasteiger partial charge in [-0.2, -0.15) is 5.10 Å². The van der Waals surface area contributed by atoms with Crippen LogP contribution in [0.15, 0.2) is 41.9 Å². The number of thiophene rings is 1. The van der Waals surface area contributed by atoms with E-state index in [2.05, 4.69) is 25.5 Å². The first kappa shape index (κ1) is 15.4. The summed E-state index contributed by atoms with van der Waals surface area (Å²) in [4.78, 5) is 21.5. The van der Waals surface area contributed by atoms with Crippen LogP contribution in [0.3, 0.4) is 0 Å². The Morgan fingerprint density at radius 1 is 1.20 bits per heavy atom. The number of benzene rings is 1. The van der Waals surface area contributed by atoms with Crippen molar-refractivity contribution >= 4 is 39.0 Å². The van der Waals surface area contributed by atoms with Crippen LogP contribution in [0.1, 0.15) is 21.7 Å². The Morgan fingerprint density at radius 3 is 2.72 bits per heavy atom. The quantitative estimate of drug-likeness (QED) is 0.545. The van der Waals surface area contributed by atoms with E-state index in [9.17, 15) is 9.18 Å². The number of nitrogens with one attached hydrogen (secondary N) is 2. The number of nitrogens with zero attached hydrogens (tertiary/aromatic N) is 3. The molecule has 3 aromatic heterocycles. The predicted octanol–water partition coefficient (Wildman–Crippen LogP) is 3.84. The normalized spacial score (nSPS) is 11.0. The third kappa shape index (κ3) is 2.87. The number of aromatic amines is 1. The van der Waals surface area contributed by atoms with Gasteiger partial charge in [0.1, 0.15) is 5.82 Å². The number of aryl methyl sites for hydroxylation is 1. The third-order valence-corrected chi connectivity index (χ3v) is 4.74. The second kappa shape index (κ2) is 6.06. The molecule has 0 aliphatic heterocycles. The number of halogens is 1. The maximum Gasteiger partial charge on any atom is 0.230 e. The zero-order valence-electron chi connectivity index (χ0n) is 13.1. The Balaban J connectivity index is 1.82. The summed E-state index contributed by atoms with van der Waals surface area (Å²) in [6, 6.07) is 7.09. The van der Waals surface area contributed by atoms with E-state index < -0.39 is 5.82 Å². The van der Waals surface area contributed by atoms with Crippen LogP contribution in [0.5, 0.6) is 0 Å². The van der Waals surface area contributed by atoms with E-state index in [1.54, 1.807) is 12.3 Å². The van der Waals surface area contributed by atoms with Crippen molar-refractivity contribution in [3.63, 3.8) is 0 Å². The van der Waals surface area contributed by atoms with E-state index in [0.29, 0.717) is 22.7 Å². The number of H-pyrrole nitrogens is 1. The van der Waals surface area contributed by atoms with Crippen molar-refractivity contribution in [3.8, 4) is 0 Å². The lowest BCUT2D eigenvalue weighted by molar-refractivity contribution is 0.103. The first-order valence-corrected chi connectivity index (χ1v) is 8.32. The smallest absolute Gasteiger partial charge is 0.230 e. The van der Waals surface area contributed by atoms with Gasteiger partial charge >= 0.3 is 0 Å². The minimum absolute atomic E-state index is 0.0543. The van der Waals surface area contributed by atoms with Gasteiger partial charge < -0.3 is 5.32 Å². The highest BCUT2D eigenvalue weighted by Gasteiger charge is 2.18. The van der Waals surface area contributed by atoms with Crippen molar-refractivity contribution in [2.75, 3.05) is 5.32 Å². The van der Waals surface area contributed by atoms with Gasteiger partial charge in [-0.15, -0.1) is 11.3 Å². The van der Waals surface area contributed by atoms with Crippen molar-refractivity contribution in [1.29, 1.82) is 0 Å². The van der Waals surface area contributed by atoms with E-state index in [1.165, 1.54) is 35.6 Å². The van der Waals surface area contributed by atoms with Crippen molar-refractivity contribution in [3.05, 3.63) is 64.7 Å². The van der Waals surface area contributed by atoms with Crippen molar-refractivity contribution < 1.29 is 9.18 Å². The molecular formula is C17H12FN5OS. The number of carbonyl (C=O) groups excluding carboxylic acids is 1. The summed E-state index contributed by atoms with van der Waals surface area (Å²) >= 11 is 1.49. The van der Waals surface area contributed by atoms with Crippen LogP contribution in [0.25, 0.3) is 10.2 Å². The molecule has 0 fully saturated rings. The molecule has 0 unspecified atom stereocenters. The zero-order chi connectivity index (χ0) is 17.4. The molecule has 3 heterocycles. The fourth-order valence-electron chi connectivity index (χ4n) is 2.40. The number of anilines is 2. The summed E-state index contributed by atoms with van der Waals surface area (Å²) in [6.45, 7) is 1.93. The van der Waals surface area contributed by atoms with Gasteiger partial charge in [0.05, 0.1) is 10.2 Å². The molecule has 0 bridgehead atoms. The standard InChI is InChI=1S/C17H12FN5OS/c1-9-8-25-15-13(9)21-16(14(24)10-2-4-11(18)5-3-10)22-17(15)20-12-6-7-19-23-12/h2-8H,1H3,(H2,19,20,21,22,23). The fourth-order valence-corrected chi connectivity index (χ4v) is 3.33. The minimum Gasteiger partial charge on any atom is -0.322 e. The van der Waals surface area contributed by atoms with E-state index in [-0.39, 0.29) is 11.6 Å². The summed E-state index contributed by atoms with van der Waals surface area (Å²) in [5, 5.41) is 11.8. The topological polar surface area (TPSA) is 83.6 Å². The predicted molar refractivity (Wildman–Crippen MR) is 93.9 cm³/mol. The van der Waals surface area contributed by atoms with E-state index in [1.807, 2.05) is 12.3 Å². The van der Waals surface area contributed by atoms with E-state index >= 15 is 0 Å². The molecule has 2 N–H and O–H groups in total. The number of fused-ring (bicyclic) bond motifs is 1. The monoisotopic (exact) mass is 353 g/mol. The third-order valence-electron chi connectivity index (χ3n) is 3.65. The Kier molecular flexibility index (Phi) is 3.73. The van der Waals surface area contributed by atoms with Crippen LogP contribution in [0.2, 0.25) is 0 Å². The molecule has 4 rings (SSSR count). The second-order valence-electron chi connectivity index (χ2n) is 5.41. The number of ketones is 1. The molecule has 0 radical (unpaired) electrons. The molecule has 6 nitrogen and oxygen atoms in total. The van der Waals surface area contributed by atoms with E-state index in [0.717, 1.165) is 10.3 Å². The summed E-state index contributed by atoms with van der Waals surface area (Å²) in [7, 11) is 0. The molecule has 25 heavy (non-hydrogen) atoms. The highest BCUT2D eigenvalue weighted by atomic mass is 32.1. The first-order chi connectivity index (χ1) is 12.1. The number of hydrogen-bond donors (Lipinski definition) is 2. The maximum absolute atomic E-state index is 13.1. The number of aromatic nitrogens is 4. The molecule has 8 heteroatoms. The molecule has 0 spiro atoms. The molecule has 1 aromatic carbocycles. The maximum atomic E-state index is 13.1. The summed E-state index contributed by atoms with van der Waals surface area (Å²) < 4.78 is 13.9. The van der Waals surface area contributed by atoms with Gasteiger partial charge in [-0.3, -0.25) is 9.89 Å². The molecule has 0 atom stereocenters. The summed E-state index contributed by atoms with van der Waals surface area (Å²) in [6.07, 6.45) is 1.69. The minimum atomic E-state index is -0.400. The number of hydrogen-bond acceptors (Lipinski definition) is 6. The van der Waals surface area contributed by atoms with Crippen molar-refractivity contribution in [2.24, 2.45) is 0 Å². The molecule has 0 amide bonds. The van der Waals surface area contributed by atoms with Gasteiger partial charge in [-0.1, -0.05) is 0 Å².